The quantitative estimate of drug-likeness (QED) is 0.599. The minimum absolute atomic E-state index is 0.0693. The van der Waals surface area contributed by atoms with E-state index in [1.54, 1.807) is 0 Å². The molecule has 0 fully saturated rings. The molecule has 2 rings (SSSR count). The van der Waals surface area contributed by atoms with Crippen LogP contribution in [-0.2, 0) is 0 Å². The highest BCUT2D eigenvalue weighted by molar-refractivity contribution is 5.96. The van der Waals surface area contributed by atoms with E-state index in [0.29, 0.717) is 11.3 Å². The molecule has 0 saturated heterocycles. The maximum Gasteiger partial charge on any atom is 0.163 e. The molecule has 1 atom stereocenters. The number of benzene rings is 1. The summed E-state index contributed by atoms with van der Waals surface area (Å²) in [6, 6.07) is 4.07. The van der Waals surface area contributed by atoms with Gasteiger partial charge in [-0.05, 0) is 50.8 Å². The van der Waals surface area contributed by atoms with Crippen LogP contribution >= 0.6 is 0 Å². The lowest BCUT2D eigenvalue weighted by molar-refractivity contribution is 0.101. The van der Waals surface area contributed by atoms with Crippen LogP contribution in [0.5, 0.6) is 5.75 Å². The second-order valence-corrected chi connectivity index (χ2v) is 4.92. The third-order valence-corrected chi connectivity index (χ3v) is 3.31. The van der Waals surface area contributed by atoms with Crippen LogP contribution in [-0.4, -0.2) is 11.9 Å². The first-order valence-electron chi connectivity index (χ1n) is 6.80. The van der Waals surface area contributed by atoms with Crippen molar-refractivity contribution in [3.63, 3.8) is 0 Å². The van der Waals surface area contributed by atoms with Gasteiger partial charge in [0, 0.05) is 6.07 Å². The average Bonchev–Trinajstić information content (AvgIpc) is 2.32. The number of allylic oxidation sites excluding steroid dienone is 1. The number of halogens is 1. The summed E-state index contributed by atoms with van der Waals surface area (Å²) in [5, 5.41) is 0. The van der Waals surface area contributed by atoms with Crippen molar-refractivity contribution in [2.75, 3.05) is 0 Å². The number of ketones is 1. The van der Waals surface area contributed by atoms with Crippen molar-refractivity contribution < 1.29 is 13.9 Å². The van der Waals surface area contributed by atoms with Crippen LogP contribution in [0.4, 0.5) is 4.39 Å². The third kappa shape index (κ3) is 3.91. The minimum atomic E-state index is -0.380. The van der Waals surface area contributed by atoms with Crippen LogP contribution in [0, 0.1) is 5.82 Å². The molecule has 1 unspecified atom stereocenters. The SMILES string of the molecule is CC(=O)c1ccc(F)cc1OC1/C=C/CCCCC1. The van der Waals surface area contributed by atoms with Gasteiger partial charge in [0.25, 0.3) is 0 Å². The highest BCUT2D eigenvalue weighted by Crippen LogP contribution is 2.24. The Morgan fingerprint density at radius 3 is 2.95 bits per heavy atom. The molecule has 0 amide bonds. The second kappa shape index (κ2) is 6.50. The van der Waals surface area contributed by atoms with Crippen LogP contribution in [0.25, 0.3) is 0 Å². The van der Waals surface area contributed by atoms with E-state index >= 15 is 0 Å². The number of carbonyl (C=O) groups excluding carboxylic acids is 1. The van der Waals surface area contributed by atoms with Gasteiger partial charge in [-0.3, -0.25) is 4.79 Å². The van der Waals surface area contributed by atoms with Gasteiger partial charge in [-0.1, -0.05) is 12.5 Å². The minimum Gasteiger partial charge on any atom is -0.486 e. The molecule has 1 aromatic rings. The summed E-state index contributed by atoms with van der Waals surface area (Å²) in [4.78, 5) is 11.5. The largest absolute Gasteiger partial charge is 0.486 e. The zero-order valence-corrected chi connectivity index (χ0v) is 11.2. The summed E-state index contributed by atoms with van der Waals surface area (Å²) in [6.07, 6.45) is 9.52. The lowest BCUT2D eigenvalue weighted by Gasteiger charge is -2.19. The maximum atomic E-state index is 13.3. The molecule has 0 radical (unpaired) electrons. The topological polar surface area (TPSA) is 26.3 Å². The Labute approximate surface area is 113 Å². The lowest BCUT2D eigenvalue weighted by atomic mass is 10.0. The molecular weight excluding hydrogens is 243 g/mol. The van der Waals surface area contributed by atoms with Crippen molar-refractivity contribution in [1.29, 1.82) is 0 Å². The van der Waals surface area contributed by atoms with Crippen LogP contribution in [0.1, 0.15) is 49.4 Å². The molecule has 0 spiro atoms. The highest BCUT2D eigenvalue weighted by Gasteiger charge is 2.14. The van der Waals surface area contributed by atoms with Crippen LogP contribution < -0.4 is 4.74 Å². The Morgan fingerprint density at radius 2 is 2.16 bits per heavy atom. The molecule has 0 heterocycles. The summed E-state index contributed by atoms with van der Waals surface area (Å²) < 4.78 is 19.1. The molecule has 0 aromatic heterocycles. The Hall–Kier alpha value is -1.64. The standard InChI is InChI=1S/C16H19FO2/c1-12(18)15-10-9-13(17)11-16(15)19-14-7-5-3-2-4-6-8-14/h5,7,9-11,14H,2-4,6,8H2,1H3/b7-5+. The summed E-state index contributed by atoms with van der Waals surface area (Å²) >= 11 is 0. The Morgan fingerprint density at radius 1 is 1.32 bits per heavy atom. The number of rotatable bonds is 3. The van der Waals surface area contributed by atoms with E-state index in [1.165, 1.54) is 38.0 Å². The van der Waals surface area contributed by atoms with Gasteiger partial charge < -0.3 is 4.74 Å². The summed E-state index contributed by atoms with van der Waals surface area (Å²) in [6.45, 7) is 1.47. The zero-order chi connectivity index (χ0) is 13.7. The van der Waals surface area contributed by atoms with E-state index in [0.717, 1.165) is 19.3 Å². The average molecular weight is 262 g/mol. The van der Waals surface area contributed by atoms with Crippen molar-refractivity contribution in [3.05, 3.63) is 41.7 Å². The van der Waals surface area contributed by atoms with Crippen LogP contribution in [0.2, 0.25) is 0 Å². The van der Waals surface area contributed by atoms with Gasteiger partial charge in [-0.15, -0.1) is 0 Å². The molecule has 1 aliphatic carbocycles. The second-order valence-electron chi connectivity index (χ2n) is 4.92. The number of Topliss-reactive ketones (excluding diaryl/α,β-unsaturated/α-hetero) is 1. The molecule has 0 aliphatic heterocycles. The van der Waals surface area contributed by atoms with Gasteiger partial charge in [-0.25, -0.2) is 4.39 Å². The van der Waals surface area contributed by atoms with Crippen LogP contribution in [0.15, 0.2) is 30.4 Å². The zero-order valence-electron chi connectivity index (χ0n) is 11.2. The van der Waals surface area contributed by atoms with Crippen LogP contribution in [0.3, 0.4) is 0 Å². The first-order valence-corrected chi connectivity index (χ1v) is 6.80. The fourth-order valence-electron chi connectivity index (χ4n) is 2.27. The van der Waals surface area contributed by atoms with Gasteiger partial charge in [0.2, 0.25) is 0 Å². The molecule has 1 aromatic carbocycles. The van der Waals surface area contributed by atoms with E-state index in [4.69, 9.17) is 4.74 Å². The molecule has 19 heavy (non-hydrogen) atoms. The number of carbonyl (C=O) groups is 1. The smallest absolute Gasteiger partial charge is 0.163 e. The van der Waals surface area contributed by atoms with Gasteiger partial charge in [0.15, 0.2) is 5.78 Å². The number of hydrogen-bond donors (Lipinski definition) is 0. The van der Waals surface area contributed by atoms with Gasteiger partial charge in [-0.2, -0.15) is 0 Å². The van der Waals surface area contributed by atoms with Crippen molar-refractivity contribution in [2.45, 2.75) is 45.1 Å². The van der Waals surface area contributed by atoms with E-state index in [2.05, 4.69) is 6.08 Å². The molecule has 0 N–H and O–H groups in total. The van der Waals surface area contributed by atoms with Gasteiger partial charge >= 0.3 is 0 Å². The molecule has 102 valence electrons. The number of ether oxygens (including phenoxy) is 1. The Kier molecular flexibility index (Phi) is 4.72. The number of hydrogen-bond acceptors (Lipinski definition) is 2. The fraction of sp³-hybridized carbons (Fsp3) is 0.438. The molecule has 3 heteroatoms. The molecule has 1 aliphatic rings. The predicted molar refractivity (Wildman–Crippen MR) is 73.0 cm³/mol. The monoisotopic (exact) mass is 262 g/mol. The normalized spacial score (nSPS) is 21.3. The van der Waals surface area contributed by atoms with Gasteiger partial charge in [0.05, 0.1) is 5.56 Å². The molecular formula is C16H19FO2. The van der Waals surface area contributed by atoms with Crippen molar-refractivity contribution in [2.24, 2.45) is 0 Å². The summed E-state index contributed by atoms with van der Waals surface area (Å²) in [7, 11) is 0. The van der Waals surface area contributed by atoms with Crippen molar-refractivity contribution in [3.8, 4) is 5.75 Å². The van der Waals surface area contributed by atoms with Gasteiger partial charge in [0.1, 0.15) is 17.7 Å². The molecule has 0 saturated carbocycles. The molecule has 0 bridgehead atoms. The van der Waals surface area contributed by atoms with E-state index in [1.807, 2.05) is 6.08 Å². The Balaban J connectivity index is 2.18. The maximum absolute atomic E-state index is 13.3. The summed E-state index contributed by atoms with van der Waals surface area (Å²) in [5.74, 6) is -0.137. The predicted octanol–water partition coefficient (Wildman–Crippen LogP) is 4.30. The fourth-order valence-corrected chi connectivity index (χ4v) is 2.27. The Bertz CT molecular complexity index is 480. The van der Waals surface area contributed by atoms with E-state index in [-0.39, 0.29) is 17.7 Å². The lowest BCUT2D eigenvalue weighted by Crippen LogP contribution is -2.16. The molecule has 2 nitrogen and oxygen atoms in total. The van der Waals surface area contributed by atoms with Crippen molar-refractivity contribution >= 4 is 5.78 Å². The van der Waals surface area contributed by atoms with E-state index < -0.39 is 0 Å². The first-order chi connectivity index (χ1) is 9.16. The first kappa shape index (κ1) is 13.8. The van der Waals surface area contributed by atoms with Crippen molar-refractivity contribution in [1.82, 2.24) is 0 Å². The third-order valence-electron chi connectivity index (χ3n) is 3.31. The van der Waals surface area contributed by atoms with E-state index in [9.17, 15) is 9.18 Å². The summed E-state index contributed by atoms with van der Waals surface area (Å²) in [5.41, 5.74) is 0.442. The highest BCUT2D eigenvalue weighted by atomic mass is 19.1.